The third-order valence-corrected chi connectivity index (χ3v) is 7.23. The number of aryl methyl sites for hydroxylation is 2. The fourth-order valence-corrected chi connectivity index (χ4v) is 4.94. The van der Waals surface area contributed by atoms with Crippen molar-refractivity contribution < 1.29 is 22.0 Å². The number of fused-ring (bicyclic) bond motifs is 1. The molecule has 0 spiro atoms. The first-order valence-electron chi connectivity index (χ1n) is 11.5. The third kappa shape index (κ3) is 5.30. The molecule has 1 atom stereocenters. The molecule has 0 aliphatic carbocycles. The highest BCUT2D eigenvalue weighted by Crippen LogP contribution is 2.35. The maximum absolute atomic E-state index is 12.6. The number of hydrogen-bond donors (Lipinski definition) is 1. The molecule has 0 bridgehead atoms. The van der Waals surface area contributed by atoms with Crippen LogP contribution in [0, 0.1) is 6.92 Å². The van der Waals surface area contributed by atoms with E-state index in [1.54, 1.807) is 12.1 Å². The molecule has 4 aromatic rings. The molecule has 2 N–H and O–H groups in total. The van der Waals surface area contributed by atoms with E-state index in [1.807, 2.05) is 25.3 Å². The molecule has 1 aromatic carbocycles. The van der Waals surface area contributed by atoms with Gasteiger partial charge in [-0.1, -0.05) is 42.6 Å². The normalized spacial score (nSPS) is 12.8. The smallest absolute Gasteiger partial charge is 0.296 e. The number of pyridine rings is 1. The molecule has 3 heterocycles. The second kappa shape index (κ2) is 10.8. The summed E-state index contributed by atoms with van der Waals surface area (Å²) < 4.78 is 43.3. The number of hydrogen-bond acceptors (Lipinski definition) is 10. The lowest BCUT2D eigenvalue weighted by atomic mass is 10.1. The van der Waals surface area contributed by atoms with Crippen LogP contribution in [0.5, 0.6) is 5.75 Å². The molecular weight excluding hydrogens is 508 g/mol. The topological polar surface area (TPSA) is 148 Å². The number of benzene rings is 1. The largest absolute Gasteiger partial charge is 0.486 e. The zero-order valence-electron chi connectivity index (χ0n) is 20.1. The fourth-order valence-electron chi connectivity index (χ4n) is 3.84. The van der Waals surface area contributed by atoms with Crippen molar-refractivity contribution in [2.24, 2.45) is 0 Å². The summed E-state index contributed by atoms with van der Waals surface area (Å²) in [5.41, 5.74) is 8.17. The number of nitrogens with zero attached hydrogens (tertiary/aromatic N) is 5. The van der Waals surface area contributed by atoms with Gasteiger partial charge in [0.15, 0.2) is 28.2 Å². The molecule has 0 aliphatic rings. The zero-order chi connectivity index (χ0) is 25.9. The first-order chi connectivity index (χ1) is 17.2. The van der Waals surface area contributed by atoms with Gasteiger partial charge < -0.3 is 15.0 Å². The first-order valence-corrected chi connectivity index (χ1v) is 13.3. The number of imidazole rings is 1. The maximum Gasteiger partial charge on any atom is 0.296 e. The van der Waals surface area contributed by atoms with Gasteiger partial charge in [-0.05, 0) is 42.7 Å². The van der Waals surface area contributed by atoms with Crippen molar-refractivity contribution >= 4 is 38.6 Å². The molecule has 1 unspecified atom stereocenters. The molecule has 0 amide bonds. The molecule has 36 heavy (non-hydrogen) atoms. The molecule has 0 fully saturated rings. The maximum atomic E-state index is 12.6. The number of nitrogen functional groups attached to an aromatic ring is 1. The molecule has 0 aliphatic heterocycles. The number of nitrogens with two attached hydrogens (primary N) is 1. The van der Waals surface area contributed by atoms with Crippen LogP contribution in [0.2, 0.25) is 5.15 Å². The number of anilines is 1. The Balaban J connectivity index is 1.58. The molecule has 192 valence electrons. The van der Waals surface area contributed by atoms with Gasteiger partial charge in [0, 0.05) is 13.0 Å². The van der Waals surface area contributed by atoms with E-state index in [4.69, 9.17) is 30.9 Å². The van der Waals surface area contributed by atoms with E-state index in [0.29, 0.717) is 42.0 Å². The van der Waals surface area contributed by atoms with Gasteiger partial charge in [-0.25, -0.2) is 14.6 Å². The van der Waals surface area contributed by atoms with Crippen molar-refractivity contribution in [1.82, 2.24) is 24.8 Å². The molecule has 0 saturated carbocycles. The van der Waals surface area contributed by atoms with Crippen molar-refractivity contribution in [1.29, 1.82) is 0 Å². The molecule has 13 heteroatoms. The quantitative estimate of drug-likeness (QED) is 0.217. The molecular formula is C23H27ClN6O5S. The molecule has 0 saturated heterocycles. The number of halogens is 1. The highest BCUT2D eigenvalue weighted by atomic mass is 35.5. The van der Waals surface area contributed by atoms with Crippen LogP contribution in [0.3, 0.4) is 0 Å². The Hall–Kier alpha value is -3.22. The van der Waals surface area contributed by atoms with Crippen LogP contribution in [-0.2, 0) is 20.8 Å². The minimum absolute atomic E-state index is 0.0372. The Labute approximate surface area is 213 Å². The summed E-state index contributed by atoms with van der Waals surface area (Å²) in [6, 6.07) is 6.51. The van der Waals surface area contributed by atoms with Crippen molar-refractivity contribution in [3.63, 3.8) is 0 Å². The fraction of sp³-hybridized carbons (Fsp3) is 0.391. The van der Waals surface area contributed by atoms with E-state index in [2.05, 4.69) is 20.3 Å². The second-order valence-electron chi connectivity index (χ2n) is 8.19. The van der Waals surface area contributed by atoms with Crippen molar-refractivity contribution in [2.45, 2.75) is 57.6 Å². The van der Waals surface area contributed by atoms with E-state index in [-0.39, 0.29) is 34.3 Å². The summed E-state index contributed by atoms with van der Waals surface area (Å²) in [7, 11) is -3.87. The van der Waals surface area contributed by atoms with Crippen LogP contribution in [0.25, 0.3) is 22.6 Å². The van der Waals surface area contributed by atoms with E-state index >= 15 is 0 Å². The van der Waals surface area contributed by atoms with Gasteiger partial charge in [0.2, 0.25) is 0 Å². The Morgan fingerprint density at radius 3 is 2.56 bits per heavy atom. The monoisotopic (exact) mass is 534 g/mol. The first kappa shape index (κ1) is 25.9. The predicted octanol–water partition coefficient (Wildman–Crippen LogP) is 4.39. The van der Waals surface area contributed by atoms with Crippen molar-refractivity contribution in [3.05, 3.63) is 41.2 Å². The summed E-state index contributed by atoms with van der Waals surface area (Å²) in [6.07, 6.45) is 3.02. The van der Waals surface area contributed by atoms with Crippen molar-refractivity contribution in [3.8, 4) is 17.3 Å². The number of rotatable bonds is 11. The molecule has 4 rings (SSSR count). The molecule has 0 radical (unpaired) electrons. The number of aromatic nitrogens is 5. The zero-order valence-corrected chi connectivity index (χ0v) is 21.7. The summed E-state index contributed by atoms with van der Waals surface area (Å²) >= 11 is 6.35. The Morgan fingerprint density at radius 2 is 1.92 bits per heavy atom. The van der Waals surface area contributed by atoms with Gasteiger partial charge in [0.1, 0.15) is 17.1 Å². The van der Waals surface area contributed by atoms with E-state index < -0.39 is 10.1 Å². The van der Waals surface area contributed by atoms with Gasteiger partial charge in [-0.2, -0.15) is 8.42 Å². The lowest BCUT2D eigenvalue weighted by Gasteiger charge is -2.20. The lowest BCUT2D eigenvalue weighted by Crippen LogP contribution is -2.20. The molecule has 3 aromatic heterocycles. The third-order valence-electron chi connectivity index (χ3n) is 5.63. The average Bonchev–Trinajstić information content (AvgIpc) is 3.44. The minimum atomic E-state index is -3.87. The molecule has 11 nitrogen and oxygen atoms in total. The van der Waals surface area contributed by atoms with E-state index in [1.165, 1.54) is 18.3 Å². The lowest BCUT2D eigenvalue weighted by molar-refractivity contribution is 0.155. The van der Waals surface area contributed by atoms with Crippen LogP contribution in [0.15, 0.2) is 40.0 Å². The van der Waals surface area contributed by atoms with Gasteiger partial charge in [0.05, 0.1) is 17.7 Å². The summed E-state index contributed by atoms with van der Waals surface area (Å²) in [5.74, 6) is 0.970. The Morgan fingerprint density at radius 1 is 1.17 bits per heavy atom. The summed E-state index contributed by atoms with van der Waals surface area (Å²) in [4.78, 5) is 8.92. The SMILES string of the molecule is CCCC(CCOS(=O)(=O)c1ccc(C)cc1)Oc1cnc(Cl)c2nc(-c3nonc3N)n(CC)c12. The van der Waals surface area contributed by atoms with Gasteiger partial charge >= 0.3 is 0 Å². The summed E-state index contributed by atoms with van der Waals surface area (Å²) in [6.45, 7) is 6.30. The van der Waals surface area contributed by atoms with E-state index in [9.17, 15) is 8.42 Å². The van der Waals surface area contributed by atoms with E-state index in [0.717, 1.165) is 12.0 Å². The highest BCUT2D eigenvalue weighted by molar-refractivity contribution is 7.86. The van der Waals surface area contributed by atoms with Crippen LogP contribution < -0.4 is 10.5 Å². The number of ether oxygens (including phenoxy) is 1. The van der Waals surface area contributed by atoms with Crippen LogP contribution in [-0.4, -0.2) is 46.0 Å². The van der Waals surface area contributed by atoms with Gasteiger partial charge in [0.25, 0.3) is 10.1 Å². The predicted molar refractivity (Wildman–Crippen MR) is 134 cm³/mol. The van der Waals surface area contributed by atoms with Crippen LogP contribution >= 0.6 is 11.6 Å². The van der Waals surface area contributed by atoms with Gasteiger partial charge in [-0.3, -0.25) is 4.18 Å². The highest BCUT2D eigenvalue weighted by Gasteiger charge is 2.24. The van der Waals surface area contributed by atoms with Crippen LogP contribution in [0.4, 0.5) is 5.82 Å². The van der Waals surface area contributed by atoms with Crippen LogP contribution in [0.1, 0.15) is 38.7 Å². The van der Waals surface area contributed by atoms with Gasteiger partial charge in [-0.15, -0.1) is 0 Å². The standard InChI is InChI=1S/C23H27ClN6O5S/c1-4-6-15(11-12-33-36(31,32)16-9-7-14(3)8-10-16)34-17-13-26-21(24)18-20(17)30(5-2)23(27-18)19-22(25)29-35-28-19/h7-10,13,15H,4-6,11-12H2,1-3H3,(H2,25,29). The summed E-state index contributed by atoms with van der Waals surface area (Å²) in [5, 5.41) is 7.69. The minimum Gasteiger partial charge on any atom is -0.486 e. The van der Waals surface area contributed by atoms with Crippen molar-refractivity contribution in [2.75, 3.05) is 12.3 Å². The second-order valence-corrected chi connectivity index (χ2v) is 10.2. The Kier molecular flexibility index (Phi) is 7.76. The Bertz CT molecular complexity index is 1450. The average molecular weight is 535 g/mol.